The number of hydrogen-bond acceptors (Lipinski definition) is 3. The lowest BCUT2D eigenvalue weighted by Gasteiger charge is -2.28. The Hall–Kier alpha value is -2.54. The zero-order chi connectivity index (χ0) is 16.8. The second-order valence-corrected chi connectivity index (χ2v) is 5.10. The maximum absolute atomic E-state index is 12.9. The maximum atomic E-state index is 12.9. The fourth-order valence-electron chi connectivity index (χ4n) is 2.58. The van der Waals surface area contributed by atoms with Crippen LogP contribution in [0.1, 0.15) is 0 Å². The zero-order valence-electron chi connectivity index (χ0n) is 11.5. The minimum Gasteiger partial charge on any atom is -0.482 e. The van der Waals surface area contributed by atoms with Crippen LogP contribution < -0.4 is 10.4 Å². The van der Waals surface area contributed by atoms with E-state index in [4.69, 9.17) is 9.84 Å². The molecule has 120 valence electrons. The molecule has 0 radical (unpaired) electrons. The van der Waals surface area contributed by atoms with E-state index in [1.807, 2.05) is 0 Å². The molecule has 2 N–H and O–H groups in total. The van der Waals surface area contributed by atoms with Gasteiger partial charge in [0.2, 0.25) is 6.10 Å². The van der Waals surface area contributed by atoms with Crippen molar-refractivity contribution in [2.45, 2.75) is 18.4 Å². The van der Waals surface area contributed by atoms with Crippen LogP contribution in [0.2, 0.25) is 0 Å². The number of fused-ring (bicyclic) bond motifs is 2. The first kappa shape index (κ1) is 15.4. The van der Waals surface area contributed by atoms with E-state index in [1.54, 1.807) is 18.2 Å². The summed E-state index contributed by atoms with van der Waals surface area (Å²) >= 11 is 0. The molecule has 2 aliphatic rings. The van der Waals surface area contributed by atoms with Crippen molar-refractivity contribution in [3.05, 3.63) is 58.5 Å². The van der Waals surface area contributed by atoms with E-state index < -0.39 is 29.9 Å². The molecule has 1 heterocycles. The standard InChI is InChI=1S/C16H11F3O4/c17-16(18,19)8-5-6-12-11(7-8)9-3-1-2-4-10(9)14(23-12)13(20)15(21)22/h1-7,12-13,20H,(H,21,22). The van der Waals surface area contributed by atoms with Crippen LogP contribution in [-0.2, 0) is 9.53 Å². The topological polar surface area (TPSA) is 66.8 Å². The molecule has 1 aliphatic heterocycles. The largest absolute Gasteiger partial charge is 0.482 e. The van der Waals surface area contributed by atoms with Crippen LogP contribution in [0.25, 0.3) is 11.3 Å². The van der Waals surface area contributed by atoms with Crippen LogP contribution in [0.4, 0.5) is 13.2 Å². The molecule has 1 aromatic rings. The van der Waals surface area contributed by atoms with Gasteiger partial charge in [-0.25, -0.2) is 4.79 Å². The van der Waals surface area contributed by atoms with Gasteiger partial charge >= 0.3 is 12.1 Å². The number of carbonyl (C=O) groups is 1. The first-order valence-corrected chi connectivity index (χ1v) is 6.67. The van der Waals surface area contributed by atoms with Crippen LogP contribution in [0.5, 0.6) is 0 Å². The van der Waals surface area contributed by atoms with Gasteiger partial charge in [-0.2, -0.15) is 13.2 Å². The molecule has 0 saturated carbocycles. The molecule has 0 aromatic heterocycles. The Morgan fingerprint density at radius 1 is 1.22 bits per heavy atom. The Labute approximate surface area is 128 Å². The smallest absolute Gasteiger partial charge is 0.416 e. The number of alkyl halides is 3. The number of aliphatic hydroxyl groups excluding tert-OH is 1. The van der Waals surface area contributed by atoms with Gasteiger partial charge in [-0.3, -0.25) is 0 Å². The van der Waals surface area contributed by atoms with Crippen LogP contribution in [0.15, 0.2) is 48.1 Å². The number of benzene rings is 1. The SMILES string of the molecule is O=C(O)C(O)C1=c2ccccc2=C2C=C(C(F)(F)F)C=CC2O1. The van der Waals surface area contributed by atoms with E-state index in [9.17, 15) is 23.1 Å². The van der Waals surface area contributed by atoms with E-state index in [-0.39, 0.29) is 16.6 Å². The maximum Gasteiger partial charge on any atom is 0.416 e. The molecule has 1 aliphatic carbocycles. The summed E-state index contributed by atoms with van der Waals surface area (Å²) in [6, 6.07) is 6.28. The average Bonchev–Trinajstić information content (AvgIpc) is 2.52. The first-order chi connectivity index (χ1) is 10.8. The quantitative estimate of drug-likeness (QED) is 0.846. The van der Waals surface area contributed by atoms with Crippen molar-refractivity contribution < 1.29 is 32.9 Å². The second kappa shape index (κ2) is 5.27. The molecule has 0 amide bonds. The third-order valence-corrected chi connectivity index (χ3v) is 3.64. The Bertz CT molecular complexity index is 849. The number of rotatable bonds is 2. The number of ether oxygens (including phenoxy) is 1. The van der Waals surface area contributed by atoms with Gasteiger partial charge in [0.15, 0.2) is 0 Å². The Morgan fingerprint density at radius 2 is 1.87 bits per heavy atom. The summed E-state index contributed by atoms with van der Waals surface area (Å²) in [5, 5.41) is 19.4. The van der Waals surface area contributed by atoms with E-state index in [0.29, 0.717) is 5.22 Å². The first-order valence-electron chi connectivity index (χ1n) is 6.67. The Kier molecular flexibility index (Phi) is 3.52. The number of hydrogen-bond donors (Lipinski definition) is 2. The lowest BCUT2D eigenvalue weighted by atomic mass is 9.93. The summed E-state index contributed by atoms with van der Waals surface area (Å²) in [6.45, 7) is 0. The number of carboxylic acids is 1. The van der Waals surface area contributed by atoms with Gasteiger partial charge in [-0.1, -0.05) is 30.3 Å². The Balaban J connectivity index is 2.30. The summed E-state index contributed by atoms with van der Waals surface area (Å²) in [5.74, 6) is -1.68. The molecular formula is C16H11F3O4. The fraction of sp³-hybridized carbons (Fsp3) is 0.188. The highest BCUT2D eigenvalue weighted by Crippen LogP contribution is 2.33. The fourth-order valence-corrected chi connectivity index (χ4v) is 2.58. The van der Waals surface area contributed by atoms with E-state index in [2.05, 4.69) is 0 Å². The van der Waals surface area contributed by atoms with Crippen LogP contribution in [0, 0.1) is 0 Å². The van der Waals surface area contributed by atoms with E-state index in [1.165, 1.54) is 12.1 Å². The number of carboxylic acid groups (broad SMARTS) is 1. The van der Waals surface area contributed by atoms with Crippen molar-refractivity contribution in [3.8, 4) is 0 Å². The average molecular weight is 324 g/mol. The van der Waals surface area contributed by atoms with Gasteiger partial charge < -0.3 is 14.9 Å². The van der Waals surface area contributed by atoms with Crippen molar-refractivity contribution in [2.24, 2.45) is 0 Å². The second-order valence-electron chi connectivity index (χ2n) is 5.10. The highest BCUT2D eigenvalue weighted by molar-refractivity contribution is 5.84. The molecule has 0 spiro atoms. The summed E-state index contributed by atoms with van der Waals surface area (Å²) in [6.07, 6.45) is -4.20. The van der Waals surface area contributed by atoms with E-state index >= 15 is 0 Å². The normalized spacial score (nSPS) is 21.0. The molecule has 4 nitrogen and oxygen atoms in total. The zero-order valence-corrected chi connectivity index (χ0v) is 11.5. The molecule has 0 saturated heterocycles. The predicted octanol–water partition coefficient (Wildman–Crippen LogP) is 0.848. The monoisotopic (exact) mass is 324 g/mol. The number of allylic oxidation sites excluding steroid dienone is 2. The lowest BCUT2D eigenvalue weighted by molar-refractivity contribution is -0.144. The number of aliphatic hydroxyl groups is 1. The highest BCUT2D eigenvalue weighted by atomic mass is 19.4. The molecule has 3 rings (SSSR count). The summed E-state index contributed by atoms with van der Waals surface area (Å²) in [4.78, 5) is 11.0. The number of aliphatic carboxylic acids is 1. The Morgan fingerprint density at radius 3 is 2.48 bits per heavy atom. The molecule has 0 bridgehead atoms. The van der Waals surface area contributed by atoms with E-state index in [0.717, 1.165) is 12.2 Å². The van der Waals surface area contributed by atoms with Crippen LogP contribution >= 0.6 is 0 Å². The highest BCUT2D eigenvalue weighted by Gasteiger charge is 2.36. The molecule has 2 unspecified atom stereocenters. The molecule has 23 heavy (non-hydrogen) atoms. The van der Waals surface area contributed by atoms with Crippen LogP contribution in [0.3, 0.4) is 0 Å². The van der Waals surface area contributed by atoms with Crippen molar-refractivity contribution in [2.75, 3.05) is 0 Å². The van der Waals surface area contributed by atoms with Crippen LogP contribution in [-0.4, -0.2) is 34.6 Å². The van der Waals surface area contributed by atoms with Gasteiger partial charge in [0.05, 0.1) is 5.57 Å². The van der Waals surface area contributed by atoms with Gasteiger partial charge in [-0.15, -0.1) is 0 Å². The third-order valence-electron chi connectivity index (χ3n) is 3.64. The number of halogens is 3. The lowest BCUT2D eigenvalue weighted by Crippen LogP contribution is -2.43. The summed E-state index contributed by atoms with van der Waals surface area (Å²) < 4.78 is 44.1. The van der Waals surface area contributed by atoms with Gasteiger partial charge in [-0.05, 0) is 17.4 Å². The van der Waals surface area contributed by atoms with Crippen molar-refractivity contribution in [1.29, 1.82) is 0 Å². The summed E-state index contributed by atoms with van der Waals surface area (Å²) in [5.41, 5.74) is -0.541. The molecule has 1 aromatic carbocycles. The molecule has 2 atom stereocenters. The van der Waals surface area contributed by atoms with Gasteiger partial charge in [0, 0.05) is 10.8 Å². The van der Waals surface area contributed by atoms with Gasteiger partial charge in [0.25, 0.3) is 0 Å². The summed E-state index contributed by atoms with van der Waals surface area (Å²) in [7, 11) is 0. The molecule has 0 fully saturated rings. The minimum atomic E-state index is -4.49. The molecular weight excluding hydrogens is 313 g/mol. The third kappa shape index (κ3) is 2.63. The van der Waals surface area contributed by atoms with Crippen molar-refractivity contribution in [3.63, 3.8) is 0 Å². The predicted molar refractivity (Wildman–Crippen MR) is 74.3 cm³/mol. The van der Waals surface area contributed by atoms with Crippen molar-refractivity contribution in [1.82, 2.24) is 0 Å². The minimum absolute atomic E-state index is 0.185. The molecule has 7 heteroatoms. The van der Waals surface area contributed by atoms with Crippen molar-refractivity contribution >= 4 is 17.3 Å². The van der Waals surface area contributed by atoms with Gasteiger partial charge in [0.1, 0.15) is 11.9 Å².